The van der Waals surface area contributed by atoms with Gasteiger partial charge in [-0.2, -0.15) is 0 Å². The Balaban J connectivity index is 2.80. The fraction of sp³-hybridized carbons (Fsp3) is 0.706. The lowest BCUT2D eigenvalue weighted by Gasteiger charge is -2.22. The molecule has 1 fully saturated rings. The van der Waals surface area contributed by atoms with Crippen LogP contribution in [0, 0.1) is 5.92 Å². The predicted octanol–water partition coefficient (Wildman–Crippen LogP) is 1.50. The summed E-state index contributed by atoms with van der Waals surface area (Å²) in [6.07, 6.45) is -3.79. The first-order valence-corrected chi connectivity index (χ1v) is 8.52. The molecule has 1 saturated heterocycles. The molecule has 0 aromatic heterocycles. The minimum absolute atomic E-state index is 0.0611. The van der Waals surface area contributed by atoms with Gasteiger partial charge in [0, 0.05) is 12.8 Å². The molecule has 1 aliphatic heterocycles. The van der Waals surface area contributed by atoms with Gasteiger partial charge in [-0.3, -0.25) is 14.4 Å². The van der Waals surface area contributed by atoms with Crippen molar-refractivity contribution in [3.8, 4) is 0 Å². The molecule has 1 rings (SSSR count). The van der Waals surface area contributed by atoms with Crippen LogP contribution in [0.2, 0.25) is 0 Å². The summed E-state index contributed by atoms with van der Waals surface area (Å²) in [5, 5.41) is 0.299. The Kier molecular flexibility index (Phi) is 7.74. The molecule has 10 nitrogen and oxygen atoms in total. The van der Waals surface area contributed by atoms with Gasteiger partial charge in [-0.15, -0.1) is 5.06 Å². The van der Waals surface area contributed by atoms with Crippen LogP contribution in [-0.4, -0.2) is 53.3 Å². The molecule has 0 radical (unpaired) electrons. The molecule has 0 aromatic rings. The number of carbonyl (C=O) groups is 5. The van der Waals surface area contributed by atoms with E-state index in [4.69, 9.17) is 19.0 Å². The van der Waals surface area contributed by atoms with E-state index in [0.717, 1.165) is 0 Å². The van der Waals surface area contributed by atoms with Crippen molar-refractivity contribution in [1.29, 1.82) is 0 Å². The van der Waals surface area contributed by atoms with E-state index in [2.05, 4.69) is 0 Å². The Hall–Kier alpha value is -2.65. The van der Waals surface area contributed by atoms with Crippen molar-refractivity contribution < 1.29 is 43.0 Å². The van der Waals surface area contributed by atoms with E-state index in [-0.39, 0.29) is 25.4 Å². The van der Waals surface area contributed by atoms with Gasteiger partial charge in [0.25, 0.3) is 11.8 Å². The number of esters is 1. The van der Waals surface area contributed by atoms with Crippen LogP contribution in [0.25, 0.3) is 0 Å². The van der Waals surface area contributed by atoms with Gasteiger partial charge in [0.05, 0.1) is 13.0 Å². The van der Waals surface area contributed by atoms with E-state index in [1.807, 2.05) is 13.8 Å². The molecular formula is C17H25NO9. The smallest absolute Gasteiger partial charge is 0.465 e. The van der Waals surface area contributed by atoms with Gasteiger partial charge < -0.3 is 19.0 Å². The first-order valence-electron chi connectivity index (χ1n) is 8.52. The topological polar surface area (TPSA) is 126 Å². The SMILES string of the molecule is CC(C)COC(=O)C[C@H](OC(=O)OC(C)(C)C)C(=O)ON1C(=O)CCC1=O. The van der Waals surface area contributed by atoms with Gasteiger partial charge in [-0.25, -0.2) is 9.59 Å². The van der Waals surface area contributed by atoms with Gasteiger partial charge in [0.15, 0.2) is 0 Å². The van der Waals surface area contributed by atoms with Crippen LogP contribution >= 0.6 is 0 Å². The number of ether oxygens (including phenoxy) is 3. The van der Waals surface area contributed by atoms with Crippen LogP contribution < -0.4 is 0 Å². The van der Waals surface area contributed by atoms with Crippen LogP contribution in [0.5, 0.6) is 0 Å². The first-order chi connectivity index (χ1) is 12.4. The molecule has 0 aromatic carbocycles. The lowest BCUT2D eigenvalue weighted by Crippen LogP contribution is -2.40. The third kappa shape index (κ3) is 8.06. The summed E-state index contributed by atoms with van der Waals surface area (Å²) in [5.74, 6) is -3.41. The molecular weight excluding hydrogens is 362 g/mol. The number of imide groups is 1. The highest BCUT2D eigenvalue weighted by molar-refractivity contribution is 6.01. The second kappa shape index (κ2) is 9.33. The molecule has 0 spiro atoms. The molecule has 1 atom stereocenters. The van der Waals surface area contributed by atoms with Crippen LogP contribution in [0.4, 0.5) is 4.79 Å². The fourth-order valence-electron chi connectivity index (χ4n) is 1.84. The summed E-state index contributed by atoms with van der Waals surface area (Å²) in [6, 6.07) is 0. The van der Waals surface area contributed by atoms with Crippen molar-refractivity contribution in [2.45, 2.75) is 65.6 Å². The molecule has 0 saturated carbocycles. The van der Waals surface area contributed by atoms with E-state index >= 15 is 0 Å². The molecule has 27 heavy (non-hydrogen) atoms. The van der Waals surface area contributed by atoms with E-state index in [9.17, 15) is 24.0 Å². The van der Waals surface area contributed by atoms with Crippen LogP contribution in [0.3, 0.4) is 0 Å². The summed E-state index contributed by atoms with van der Waals surface area (Å²) in [6.45, 7) is 8.50. The minimum Gasteiger partial charge on any atom is -0.465 e. The third-order valence-electron chi connectivity index (χ3n) is 3.01. The van der Waals surface area contributed by atoms with Crippen molar-refractivity contribution >= 4 is 29.9 Å². The van der Waals surface area contributed by atoms with Gasteiger partial charge in [-0.1, -0.05) is 13.8 Å². The lowest BCUT2D eigenvalue weighted by molar-refractivity contribution is -0.204. The molecule has 0 N–H and O–H groups in total. The minimum atomic E-state index is -1.74. The van der Waals surface area contributed by atoms with Crippen molar-refractivity contribution in [3.05, 3.63) is 0 Å². The average Bonchev–Trinajstić information content (AvgIpc) is 2.82. The van der Waals surface area contributed by atoms with Gasteiger partial charge in [0.1, 0.15) is 5.60 Å². The van der Waals surface area contributed by atoms with Gasteiger partial charge in [0.2, 0.25) is 6.10 Å². The maximum Gasteiger partial charge on any atom is 0.509 e. The van der Waals surface area contributed by atoms with Crippen molar-refractivity contribution in [2.75, 3.05) is 6.61 Å². The number of hydrogen-bond acceptors (Lipinski definition) is 9. The van der Waals surface area contributed by atoms with Crippen LogP contribution in [-0.2, 0) is 38.2 Å². The molecule has 0 bridgehead atoms. The van der Waals surface area contributed by atoms with Gasteiger partial charge in [-0.05, 0) is 26.7 Å². The van der Waals surface area contributed by atoms with E-state index in [0.29, 0.717) is 5.06 Å². The number of amides is 2. The maximum atomic E-state index is 12.3. The Morgan fingerprint density at radius 1 is 1.07 bits per heavy atom. The Labute approximate surface area is 157 Å². The molecule has 1 heterocycles. The second-order valence-corrected chi connectivity index (χ2v) is 7.34. The zero-order valence-electron chi connectivity index (χ0n) is 16.1. The molecule has 2 amide bonds. The maximum absolute atomic E-state index is 12.3. The molecule has 1 aliphatic rings. The Bertz CT molecular complexity index is 590. The average molecular weight is 387 g/mol. The summed E-state index contributed by atoms with van der Waals surface area (Å²) < 4.78 is 14.8. The first kappa shape index (κ1) is 22.4. The molecule has 10 heteroatoms. The van der Waals surface area contributed by atoms with E-state index in [1.54, 1.807) is 20.8 Å². The van der Waals surface area contributed by atoms with Crippen molar-refractivity contribution in [3.63, 3.8) is 0 Å². The molecule has 0 unspecified atom stereocenters. The quantitative estimate of drug-likeness (QED) is 0.472. The summed E-state index contributed by atoms with van der Waals surface area (Å²) in [5.41, 5.74) is -0.898. The number of hydroxylamine groups is 2. The lowest BCUT2D eigenvalue weighted by atomic mass is 10.2. The fourth-order valence-corrected chi connectivity index (χ4v) is 1.84. The highest BCUT2D eigenvalue weighted by Gasteiger charge is 2.38. The van der Waals surface area contributed by atoms with Crippen molar-refractivity contribution in [2.24, 2.45) is 5.92 Å². The Morgan fingerprint density at radius 3 is 2.11 bits per heavy atom. The highest BCUT2D eigenvalue weighted by atomic mass is 16.8. The second-order valence-electron chi connectivity index (χ2n) is 7.34. The third-order valence-corrected chi connectivity index (χ3v) is 3.01. The highest BCUT2D eigenvalue weighted by Crippen LogP contribution is 2.16. The predicted molar refractivity (Wildman–Crippen MR) is 88.7 cm³/mol. The van der Waals surface area contributed by atoms with Crippen molar-refractivity contribution in [1.82, 2.24) is 5.06 Å². The van der Waals surface area contributed by atoms with E-state index in [1.165, 1.54) is 0 Å². The van der Waals surface area contributed by atoms with Crippen LogP contribution in [0.15, 0.2) is 0 Å². The van der Waals surface area contributed by atoms with Crippen LogP contribution in [0.1, 0.15) is 53.9 Å². The normalized spacial score (nSPS) is 15.6. The monoisotopic (exact) mass is 387 g/mol. The standard InChI is InChI=1S/C17H25NO9/c1-10(2)9-24-14(21)8-11(25-16(23)26-17(3,4)5)15(22)27-18-12(19)6-7-13(18)20/h10-11H,6-9H2,1-5H3/t11-/m0/s1. The Morgan fingerprint density at radius 2 is 1.63 bits per heavy atom. The summed E-state index contributed by atoms with van der Waals surface area (Å²) >= 11 is 0. The molecule has 0 aliphatic carbocycles. The number of hydrogen-bond donors (Lipinski definition) is 0. The van der Waals surface area contributed by atoms with Gasteiger partial charge >= 0.3 is 18.1 Å². The number of carbonyl (C=O) groups excluding carboxylic acids is 5. The van der Waals surface area contributed by atoms with E-state index < -0.39 is 48.0 Å². The number of nitrogens with zero attached hydrogens (tertiary/aromatic N) is 1. The summed E-state index contributed by atoms with van der Waals surface area (Å²) in [7, 11) is 0. The zero-order valence-corrected chi connectivity index (χ0v) is 16.1. The largest absolute Gasteiger partial charge is 0.509 e. The summed E-state index contributed by atoms with van der Waals surface area (Å²) in [4.78, 5) is 63.8. The zero-order chi connectivity index (χ0) is 20.8. The molecule has 152 valence electrons. The number of rotatable bonds is 7.